The van der Waals surface area contributed by atoms with Crippen LogP contribution in [0.5, 0.6) is 0 Å². The number of halogens is 1. The van der Waals surface area contributed by atoms with Crippen LogP contribution >= 0.6 is 0 Å². The lowest BCUT2D eigenvalue weighted by molar-refractivity contribution is -0.137. The van der Waals surface area contributed by atoms with E-state index in [-0.39, 0.29) is 24.3 Å². The minimum Gasteiger partial charge on any atom is -0.325 e. The fourth-order valence-electron chi connectivity index (χ4n) is 4.71. The molecule has 3 aliphatic heterocycles. The standard InChI is InChI=1S/C23H24FN5O2/c1-14-10-15(2)12-18(11-14)27-8-9-28-19-20(25-22(27)28)26(3)23(31)29(21(19)30)13-16-4-6-17(24)7-5-16/h4-7,10-12,19-20H,8-9,13H2,1-3H3. The zero-order chi connectivity index (χ0) is 21.9. The highest BCUT2D eigenvalue weighted by atomic mass is 19.1. The average molecular weight is 421 g/mol. The van der Waals surface area contributed by atoms with Crippen molar-refractivity contribution in [2.75, 3.05) is 25.0 Å². The van der Waals surface area contributed by atoms with Gasteiger partial charge in [-0.05, 0) is 54.8 Å². The second-order valence-corrected chi connectivity index (χ2v) is 8.42. The van der Waals surface area contributed by atoms with E-state index in [0.29, 0.717) is 12.1 Å². The number of aryl methyl sites for hydroxylation is 2. The molecule has 0 N–H and O–H groups in total. The van der Waals surface area contributed by atoms with E-state index in [2.05, 4.69) is 36.9 Å². The summed E-state index contributed by atoms with van der Waals surface area (Å²) in [6, 6.07) is 11.3. The number of rotatable bonds is 3. The SMILES string of the molecule is Cc1cc(C)cc(N2CCN3C2=NC2C3C(=O)N(Cc3ccc(F)cc3)C(=O)N2C)c1. The van der Waals surface area contributed by atoms with Gasteiger partial charge in [-0.2, -0.15) is 0 Å². The van der Waals surface area contributed by atoms with Gasteiger partial charge in [-0.15, -0.1) is 0 Å². The molecule has 2 fully saturated rings. The molecule has 0 aromatic heterocycles. The van der Waals surface area contributed by atoms with Gasteiger partial charge in [0, 0.05) is 25.8 Å². The van der Waals surface area contributed by atoms with Gasteiger partial charge >= 0.3 is 6.03 Å². The Kier molecular flexibility index (Phi) is 4.46. The number of carbonyl (C=O) groups excluding carboxylic acids is 2. The molecule has 7 nitrogen and oxygen atoms in total. The zero-order valence-electron chi connectivity index (χ0n) is 17.7. The molecule has 31 heavy (non-hydrogen) atoms. The van der Waals surface area contributed by atoms with Crippen LogP contribution in [0.2, 0.25) is 0 Å². The highest BCUT2D eigenvalue weighted by molar-refractivity contribution is 6.08. The number of urea groups is 1. The first-order valence-corrected chi connectivity index (χ1v) is 10.4. The normalized spacial score (nSPS) is 22.8. The van der Waals surface area contributed by atoms with Gasteiger partial charge in [0.05, 0.1) is 6.54 Å². The molecule has 160 valence electrons. The van der Waals surface area contributed by atoms with Crippen molar-refractivity contribution in [2.45, 2.75) is 32.6 Å². The maximum absolute atomic E-state index is 13.4. The topological polar surface area (TPSA) is 59.5 Å². The molecule has 0 aliphatic carbocycles. The molecule has 2 aromatic carbocycles. The van der Waals surface area contributed by atoms with Crippen LogP contribution < -0.4 is 4.90 Å². The van der Waals surface area contributed by atoms with Gasteiger partial charge < -0.3 is 14.7 Å². The number of nitrogens with zero attached hydrogens (tertiary/aromatic N) is 5. The van der Waals surface area contributed by atoms with E-state index in [4.69, 9.17) is 4.99 Å². The molecule has 5 rings (SSSR count). The summed E-state index contributed by atoms with van der Waals surface area (Å²) in [5, 5.41) is 0. The molecule has 3 amide bonds. The first kappa shape index (κ1) is 19.5. The molecular formula is C23H24FN5O2. The van der Waals surface area contributed by atoms with Crippen molar-refractivity contribution in [3.05, 3.63) is 65.0 Å². The summed E-state index contributed by atoms with van der Waals surface area (Å²) in [5.74, 6) is 0.115. The van der Waals surface area contributed by atoms with Crippen molar-refractivity contribution in [3.8, 4) is 0 Å². The third-order valence-electron chi connectivity index (χ3n) is 6.15. The zero-order valence-corrected chi connectivity index (χ0v) is 17.7. The third-order valence-corrected chi connectivity index (χ3v) is 6.15. The lowest BCUT2D eigenvalue weighted by Gasteiger charge is -2.40. The van der Waals surface area contributed by atoms with Crippen molar-refractivity contribution in [2.24, 2.45) is 4.99 Å². The number of hydrogen-bond acceptors (Lipinski definition) is 5. The van der Waals surface area contributed by atoms with Gasteiger partial charge in [-0.1, -0.05) is 18.2 Å². The van der Waals surface area contributed by atoms with E-state index in [1.807, 2.05) is 4.90 Å². The Morgan fingerprint density at radius 2 is 1.71 bits per heavy atom. The molecule has 3 heterocycles. The number of imide groups is 1. The highest BCUT2D eigenvalue weighted by Crippen LogP contribution is 2.34. The molecule has 3 aliphatic rings. The Hall–Kier alpha value is -3.42. The van der Waals surface area contributed by atoms with Crippen LogP contribution in [-0.2, 0) is 11.3 Å². The first-order chi connectivity index (χ1) is 14.8. The fourth-order valence-corrected chi connectivity index (χ4v) is 4.71. The van der Waals surface area contributed by atoms with E-state index in [9.17, 15) is 14.0 Å². The first-order valence-electron chi connectivity index (χ1n) is 10.4. The Morgan fingerprint density at radius 3 is 2.39 bits per heavy atom. The molecule has 2 saturated heterocycles. The van der Waals surface area contributed by atoms with Crippen LogP contribution in [0.25, 0.3) is 0 Å². The van der Waals surface area contributed by atoms with E-state index >= 15 is 0 Å². The van der Waals surface area contributed by atoms with Crippen molar-refractivity contribution in [1.82, 2.24) is 14.7 Å². The molecular weight excluding hydrogens is 397 g/mol. The van der Waals surface area contributed by atoms with Crippen LogP contribution in [0.1, 0.15) is 16.7 Å². The molecule has 0 saturated carbocycles. The van der Waals surface area contributed by atoms with E-state index in [1.54, 1.807) is 19.2 Å². The van der Waals surface area contributed by atoms with Gasteiger partial charge in [0.2, 0.25) is 5.96 Å². The second-order valence-electron chi connectivity index (χ2n) is 8.42. The lowest BCUT2D eigenvalue weighted by atomic mass is 10.1. The summed E-state index contributed by atoms with van der Waals surface area (Å²) in [6.45, 7) is 5.61. The smallest absolute Gasteiger partial charge is 0.325 e. The summed E-state index contributed by atoms with van der Waals surface area (Å²) < 4.78 is 13.2. The van der Waals surface area contributed by atoms with Crippen LogP contribution in [0.3, 0.4) is 0 Å². The number of likely N-dealkylation sites (N-methyl/N-ethyl adjacent to an activating group) is 1. The molecule has 0 bridgehead atoms. The Balaban J connectivity index is 1.44. The highest BCUT2D eigenvalue weighted by Gasteiger charge is 2.54. The summed E-state index contributed by atoms with van der Waals surface area (Å²) in [6.07, 6.45) is -0.548. The van der Waals surface area contributed by atoms with Gasteiger partial charge in [0.1, 0.15) is 5.82 Å². The van der Waals surface area contributed by atoms with Crippen LogP contribution in [-0.4, -0.2) is 64.9 Å². The van der Waals surface area contributed by atoms with Crippen LogP contribution in [0, 0.1) is 19.7 Å². The lowest BCUT2D eigenvalue weighted by Crippen LogP contribution is -2.64. The van der Waals surface area contributed by atoms with E-state index in [1.165, 1.54) is 33.1 Å². The minimum atomic E-state index is -0.548. The number of amides is 3. The Morgan fingerprint density at radius 1 is 1.03 bits per heavy atom. The number of guanidine groups is 1. The van der Waals surface area contributed by atoms with Crippen molar-refractivity contribution >= 4 is 23.6 Å². The predicted molar refractivity (Wildman–Crippen MR) is 115 cm³/mol. The van der Waals surface area contributed by atoms with Crippen LogP contribution in [0.4, 0.5) is 14.9 Å². The molecule has 0 radical (unpaired) electrons. The number of fused-ring (bicyclic) bond motifs is 3. The maximum Gasteiger partial charge on any atom is 0.328 e. The monoisotopic (exact) mass is 421 g/mol. The van der Waals surface area contributed by atoms with Crippen molar-refractivity contribution in [3.63, 3.8) is 0 Å². The number of aliphatic imine (C=N–C) groups is 1. The largest absolute Gasteiger partial charge is 0.328 e. The van der Waals surface area contributed by atoms with Gasteiger partial charge in [-0.3, -0.25) is 9.69 Å². The summed E-state index contributed by atoms with van der Waals surface area (Å²) in [5.41, 5.74) is 4.07. The fraction of sp³-hybridized carbons (Fsp3) is 0.348. The van der Waals surface area contributed by atoms with Gasteiger partial charge in [-0.25, -0.2) is 14.2 Å². The number of anilines is 1. The molecule has 2 atom stereocenters. The summed E-state index contributed by atoms with van der Waals surface area (Å²) >= 11 is 0. The van der Waals surface area contributed by atoms with E-state index < -0.39 is 12.2 Å². The predicted octanol–water partition coefficient (Wildman–Crippen LogP) is 2.72. The number of benzene rings is 2. The average Bonchev–Trinajstić information content (AvgIpc) is 3.29. The molecule has 0 spiro atoms. The molecule has 2 unspecified atom stereocenters. The number of carbonyl (C=O) groups is 2. The van der Waals surface area contributed by atoms with Crippen molar-refractivity contribution < 1.29 is 14.0 Å². The molecule has 8 heteroatoms. The minimum absolute atomic E-state index is 0.107. The molecule has 2 aromatic rings. The summed E-state index contributed by atoms with van der Waals surface area (Å²) in [7, 11) is 1.68. The Bertz CT molecular complexity index is 1080. The van der Waals surface area contributed by atoms with Crippen molar-refractivity contribution in [1.29, 1.82) is 0 Å². The van der Waals surface area contributed by atoms with Gasteiger partial charge in [0.15, 0.2) is 12.2 Å². The maximum atomic E-state index is 13.4. The third kappa shape index (κ3) is 3.13. The van der Waals surface area contributed by atoms with Crippen LogP contribution in [0.15, 0.2) is 47.5 Å². The number of hydrogen-bond donors (Lipinski definition) is 0. The summed E-state index contributed by atoms with van der Waals surface area (Å²) in [4.78, 5) is 38.1. The second kappa shape index (κ2) is 7.08. The van der Waals surface area contributed by atoms with Gasteiger partial charge in [0.25, 0.3) is 5.91 Å². The quantitative estimate of drug-likeness (QED) is 0.765. The Labute approximate surface area is 180 Å². The van der Waals surface area contributed by atoms with E-state index in [0.717, 1.165) is 18.2 Å².